The number of rotatable bonds is 7. The van der Waals surface area contributed by atoms with Crippen LogP contribution in [0.5, 0.6) is 0 Å². The van der Waals surface area contributed by atoms with Crippen LogP contribution < -0.4 is 0 Å². The van der Waals surface area contributed by atoms with E-state index in [1.165, 1.54) is 0 Å². The van der Waals surface area contributed by atoms with E-state index in [2.05, 4.69) is 10.2 Å². The van der Waals surface area contributed by atoms with Crippen LogP contribution in [0.2, 0.25) is 0 Å². The summed E-state index contributed by atoms with van der Waals surface area (Å²) in [5.74, 6) is 0.832. The molecule has 104 valence electrons. The van der Waals surface area contributed by atoms with Crippen molar-refractivity contribution in [2.24, 2.45) is 0 Å². The van der Waals surface area contributed by atoms with Crippen LogP contribution in [0, 0.1) is 0 Å². The molecule has 1 aromatic carbocycles. The van der Waals surface area contributed by atoms with Gasteiger partial charge in [0.25, 0.3) is 0 Å². The number of aromatic nitrogens is 2. The molecule has 1 heterocycles. The largest absolute Gasteiger partial charge is 0.278 e. The first-order valence-electron chi connectivity index (χ1n) is 6.35. The van der Waals surface area contributed by atoms with Crippen molar-refractivity contribution in [2.75, 3.05) is 11.6 Å². The average molecular weight is 301 g/mol. The summed E-state index contributed by atoms with van der Waals surface area (Å²) in [5.41, 5.74) is 0.753. The van der Waals surface area contributed by atoms with Crippen molar-refractivity contribution < 1.29 is 8.42 Å². The van der Waals surface area contributed by atoms with E-state index in [-0.39, 0.29) is 5.75 Å². The molecule has 1 aromatic heterocycles. The van der Waals surface area contributed by atoms with Gasteiger partial charge in [-0.1, -0.05) is 12.8 Å². The first-order chi connectivity index (χ1) is 9.13. The Morgan fingerprint density at radius 1 is 1.16 bits per heavy atom. The third-order valence-corrected chi connectivity index (χ3v) is 5.13. The molecule has 2 aromatic rings. The maximum atomic E-state index is 12.2. The van der Waals surface area contributed by atoms with Crippen molar-refractivity contribution in [3.8, 4) is 0 Å². The molecule has 0 saturated heterocycles. The fourth-order valence-electron chi connectivity index (χ4n) is 1.97. The summed E-state index contributed by atoms with van der Waals surface area (Å²) in [6.45, 7) is 0. The Hall–Kier alpha value is -1.07. The van der Waals surface area contributed by atoms with Crippen LogP contribution in [-0.2, 0) is 9.84 Å². The molecule has 6 heteroatoms. The molecule has 0 radical (unpaired) electrons. The van der Waals surface area contributed by atoms with Gasteiger partial charge in [0.05, 0.1) is 22.4 Å². The van der Waals surface area contributed by atoms with E-state index in [9.17, 15) is 8.42 Å². The van der Waals surface area contributed by atoms with Crippen LogP contribution in [0.4, 0.5) is 0 Å². The first-order valence-corrected chi connectivity index (χ1v) is 8.54. The number of halogens is 1. The van der Waals surface area contributed by atoms with E-state index in [1.54, 1.807) is 24.4 Å². The molecule has 0 aliphatic carbocycles. The van der Waals surface area contributed by atoms with Crippen molar-refractivity contribution in [2.45, 2.75) is 30.6 Å². The monoisotopic (exact) mass is 300 g/mol. The van der Waals surface area contributed by atoms with Gasteiger partial charge in [-0.3, -0.25) is 5.10 Å². The number of sulfone groups is 1. The molecule has 0 saturated carbocycles. The summed E-state index contributed by atoms with van der Waals surface area (Å²) in [7, 11) is -3.20. The number of unbranched alkanes of at least 4 members (excludes halogenated alkanes) is 3. The molecule has 0 aliphatic heterocycles. The van der Waals surface area contributed by atoms with Gasteiger partial charge in [0.1, 0.15) is 0 Å². The molecule has 0 spiro atoms. The maximum absolute atomic E-state index is 12.2. The number of benzene rings is 1. The Morgan fingerprint density at radius 3 is 2.74 bits per heavy atom. The maximum Gasteiger partial charge on any atom is 0.178 e. The quantitative estimate of drug-likeness (QED) is 0.631. The van der Waals surface area contributed by atoms with Gasteiger partial charge >= 0.3 is 0 Å². The number of nitrogens with one attached hydrogen (secondary N) is 1. The number of aromatic amines is 1. The van der Waals surface area contributed by atoms with Crippen molar-refractivity contribution in [3.05, 3.63) is 24.4 Å². The number of nitrogens with zero attached hydrogens (tertiary/aromatic N) is 1. The van der Waals surface area contributed by atoms with Gasteiger partial charge in [-0.15, -0.1) is 11.6 Å². The fraction of sp³-hybridized carbons (Fsp3) is 0.462. The topological polar surface area (TPSA) is 62.8 Å². The van der Waals surface area contributed by atoms with Crippen molar-refractivity contribution >= 4 is 32.3 Å². The zero-order chi connectivity index (χ0) is 13.7. The molecule has 4 nitrogen and oxygen atoms in total. The molecular weight excluding hydrogens is 284 g/mol. The smallest absolute Gasteiger partial charge is 0.178 e. The SMILES string of the molecule is O=S(=O)(CCCCCCCl)c1ccc2cn[nH]c2c1. The minimum atomic E-state index is -3.20. The second kappa shape index (κ2) is 6.39. The van der Waals surface area contributed by atoms with E-state index in [1.807, 2.05) is 0 Å². The Bertz CT molecular complexity index is 637. The predicted octanol–water partition coefficient (Wildman–Crippen LogP) is 3.14. The molecule has 0 fully saturated rings. The third-order valence-electron chi connectivity index (χ3n) is 3.07. The summed E-state index contributed by atoms with van der Waals surface area (Å²) in [6, 6.07) is 5.07. The van der Waals surface area contributed by atoms with Crippen LogP contribution in [0.15, 0.2) is 29.3 Å². The Kier molecular flexibility index (Phi) is 4.82. The van der Waals surface area contributed by atoms with Crippen molar-refractivity contribution in [3.63, 3.8) is 0 Å². The number of fused-ring (bicyclic) bond motifs is 1. The highest BCUT2D eigenvalue weighted by molar-refractivity contribution is 7.91. The summed E-state index contributed by atoms with van der Waals surface area (Å²) in [6.07, 6.45) is 5.19. The number of hydrogen-bond acceptors (Lipinski definition) is 3. The predicted molar refractivity (Wildman–Crippen MR) is 77.3 cm³/mol. The third kappa shape index (κ3) is 3.70. The van der Waals surface area contributed by atoms with Gasteiger partial charge in [-0.2, -0.15) is 5.10 Å². The second-order valence-corrected chi connectivity index (χ2v) is 7.03. The zero-order valence-corrected chi connectivity index (χ0v) is 12.2. The summed E-state index contributed by atoms with van der Waals surface area (Å²) in [4.78, 5) is 0.363. The molecule has 0 amide bonds. The van der Waals surface area contributed by atoms with Crippen LogP contribution in [0.1, 0.15) is 25.7 Å². The lowest BCUT2D eigenvalue weighted by Crippen LogP contribution is -2.06. The summed E-state index contributed by atoms with van der Waals surface area (Å²) in [5, 5.41) is 7.59. The normalized spacial score (nSPS) is 12.1. The lowest BCUT2D eigenvalue weighted by atomic mass is 10.2. The van der Waals surface area contributed by atoms with Crippen LogP contribution in [0.25, 0.3) is 10.9 Å². The molecule has 19 heavy (non-hydrogen) atoms. The average Bonchev–Trinajstić information content (AvgIpc) is 2.85. The van der Waals surface area contributed by atoms with Crippen LogP contribution in [0.3, 0.4) is 0 Å². The van der Waals surface area contributed by atoms with Crippen molar-refractivity contribution in [1.82, 2.24) is 10.2 Å². The van der Waals surface area contributed by atoms with Crippen LogP contribution in [-0.4, -0.2) is 30.2 Å². The van der Waals surface area contributed by atoms with Gasteiger partial charge in [0, 0.05) is 11.3 Å². The van der Waals surface area contributed by atoms with Gasteiger partial charge in [-0.05, 0) is 31.0 Å². The standard InChI is InChI=1S/C13H17ClN2O2S/c14-7-3-1-2-4-8-19(17,18)12-6-5-11-10-15-16-13(11)9-12/h5-6,9-10H,1-4,7-8H2,(H,15,16). The van der Waals surface area contributed by atoms with Gasteiger partial charge in [0.15, 0.2) is 9.84 Å². The number of hydrogen-bond donors (Lipinski definition) is 1. The minimum absolute atomic E-state index is 0.189. The van der Waals surface area contributed by atoms with E-state index in [0.717, 1.165) is 30.2 Å². The highest BCUT2D eigenvalue weighted by atomic mass is 35.5. The molecular formula is C13H17ClN2O2S. The molecule has 0 aliphatic rings. The van der Waals surface area contributed by atoms with E-state index in [0.29, 0.717) is 17.2 Å². The number of alkyl halides is 1. The van der Waals surface area contributed by atoms with E-state index >= 15 is 0 Å². The lowest BCUT2D eigenvalue weighted by Gasteiger charge is -2.04. The minimum Gasteiger partial charge on any atom is -0.278 e. The summed E-state index contributed by atoms with van der Waals surface area (Å²) >= 11 is 5.58. The van der Waals surface area contributed by atoms with Crippen molar-refractivity contribution in [1.29, 1.82) is 0 Å². The molecule has 0 unspecified atom stereocenters. The second-order valence-electron chi connectivity index (χ2n) is 4.54. The van der Waals surface area contributed by atoms with E-state index < -0.39 is 9.84 Å². The molecule has 0 atom stereocenters. The van der Waals surface area contributed by atoms with Gasteiger partial charge in [0.2, 0.25) is 0 Å². The molecule has 2 rings (SSSR count). The van der Waals surface area contributed by atoms with E-state index in [4.69, 9.17) is 11.6 Å². The molecule has 0 bridgehead atoms. The zero-order valence-electron chi connectivity index (χ0n) is 10.6. The lowest BCUT2D eigenvalue weighted by molar-refractivity contribution is 0.589. The Morgan fingerprint density at radius 2 is 1.95 bits per heavy atom. The highest BCUT2D eigenvalue weighted by Gasteiger charge is 2.14. The highest BCUT2D eigenvalue weighted by Crippen LogP contribution is 2.19. The van der Waals surface area contributed by atoms with Gasteiger partial charge in [-0.25, -0.2) is 8.42 Å². The Labute approximate surface area is 118 Å². The number of H-pyrrole nitrogens is 1. The Balaban J connectivity index is 2.02. The molecule has 1 N–H and O–H groups in total. The first kappa shape index (κ1) is 14.3. The summed E-state index contributed by atoms with van der Waals surface area (Å²) < 4.78 is 24.3. The van der Waals surface area contributed by atoms with Crippen LogP contribution >= 0.6 is 11.6 Å². The van der Waals surface area contributed by atoms with Gasteiger partial charge < -0.3 is 0 Å². The fourth-order valence-corrected chi connectivity index (χ4v) is 3.55.